The largest absolute Gasteiger partial charge is 0.378 e. The smallest absolute Gasteiger partial charge is 0.242 e. The number of amides is 2. The number of likely N-dealkylation sites (tertiary alicyclic amines) is 1. The lowest BCUT2D eigenvalue weighted by molar-refractivity contribution is -0.135. The zero-order valence-corrected chi connectivity index (χ0v) is 16.0. The Morgan fingerprint density at radius 1 is 1.07 bits per heavy atom. The molecule has 1 atom stereocenters. The maximum absolute atomic E-state index is 12.6. The quantitative estimate of drug-likeness (QED) is 0.821. The van der Waals surface area contributed by atoms with E-state index in [0.717, 1.165) is 17.7 Å². The monoisotopic (exact) mass is 365 g/mol. The number of benzene rings is 2. The van der Waals surface area contributed by atoms with Crippen molar-refractivity contribution in [3.63, 3.8) is 0 Å². The molecule has 2 aromatic rings. The molecule has 1 aliphatic rings. The highest BCUT2D eigenvalue weighted by atomic mass is 16.2. The molecule has 0 saturated carbocycles. The van der Waals surface area contributed by atoms with Crippen molar-refractivity contribution < 1.29 is 9.59 Å². The Kier molecular flexibility index (Phi) is 6.12. The molecule has 2 amide bonds. The minimum absolute atomic E-state index is 0.0540. The van der Waals surface area contributed by atoms with Crippen molar-refractivity contribution in [3.8, 4) is 0 Å². The molecule has 0 aromatic heterocycles. The maximum atomic E-state index is 12.6. The van der Waals surface area contributed by atoms with Crippen LogP contribution in [0.25, 0.3) is 0 Å². The number of carbonyl (C=O) groups is 2. The summed E-state index contributed by atoms with van der Waals surface area (Å²) in [6.07, 6.45) is 1.81. The van der Waals surface area contributed by atoms with Gasteiger partial charge in [0.05, 0.1) is 0 Å². The molecule has 0 spiro atoms. The van der Waals surface area contributed by atoms with Crippen LogP contribution in [0.4, 0.5) is 5.69 Å². The molecule has 1 saturated heterocycles. The van der Waals surface area contributed by atoms with Gasteiger partial charge in [-0.15, -0.1) is 0 Å². The molecule has 1 unspecified atom stereocenters. The first-order valence-corrected chi connectivity index (χ1v) is 9.42. The molecule has 1 N–H and O–H groups in total. The first-order chi connectivity index (χ1) is 13.0. The molecular weight excluding hydrogens is 338 g/mol. The Morgan fingerprint density at radius 2 is 1.78 bits per heavy atom. The normalized spacial score (nSPS) is 16.4. The summed E-state index contributed by atoms with van der Waals surface area (Å²) in [6, 6.07) is 17.8. The number of nitrogens with one attached hydrogen (secondary N) is 1. The van der Waals surface area contributed by atoms with Crippen molar-refractivity contribution in [2.24, 2.45) is 0 Å². The third kappa shape index (κ3) is 4.88. The summed E-state index contributed by atoms with van der Waals surface area (Å²) < 4.78 is 0. The molecule has 0 aliphatic carbocycles. The van der Waals surface area contributed by atoms with E-state index in [1.54, 1.807) is 4.90 Å². The lowest BCUT2D eigenvalue weighted by Gasteiger charge is -2.24. The van der Waals surface area contributed by atoms with E-state index < -0.39 is 0 Å². The van der Waals surface area contributed by atoms with Crippen molar-refractivity contribution in [1.29, 1.82) is 0 Å². The molecular formula is C22H27N3O2. The number of hydrogen-bond acceptors (Lipinski definition) is 3. The molecule has 1 heterocycles. The van der Waals surface area contributed by atoms with Gasteiger partial charge in [-0.3, -0.25) is 9.59 Å². The fraction of sp³-hybridized carbons (Fsp3) is 0.364. The lowest BCUT2D eigenvalue weighted by atomic mass is 10.1. The van der Waals surface area contributed by atoms with Crippen LogP contribution in [0.1, 0.15) is 24.0 Å². The summed E-state index contributed by atoms with van der Waals surface area (Å²) in [5, 5.41) is 3.00. The van der Waals surface area contributed by atoms with Gasteiger partial charge in [0, 0.05) is 39.3 Å². The minimum atomic E-state index is -0.367. The van der Waals surface area contributed by atoms with Crippen molar-refractivity contribution >= 4 is 17.5 Å². The van der Waals surface area contributed by atoms with E-state index in [9.17, 15) is 9.59 Å². The molecule has 1 aliphatic heterocycles. The second kappa shape index (κ2) is 8.71. The van der Waals surface area contributed by atoms with Gasteiger partial charge in [-0.2, -0.15) is 0 Å². The van der Waals surface area contributed by atoms with Crippen LogP contribution in [0.5, 0.6) is 0 Å². The fourth-order valence-corrected chi connectivity index (χ4v) is 3.39. The Morgan fingerprint density at radius 3 is 2.44 bits per heavy atom. The van der Waals surface area contributed by atoms with Gasteiger partial charge in [0.2, 0.25) is 11.8 Å². The van der Waals surface area contributed by atoms with Crippen molar-refractivity contribution in [2.45, 2.75) is 31.8 Å². The zero-order chi connectivity index (χ0) is 19.2. The topological polar surface area (TPSA) is 52.7 Å². The van der Waals surface area contributed by atoms with Gasteiger partial charge >= 0.3 is 0 Å². The Bertz CT molecular complexity index is 772. The predicted molar refractivity (Wildman–Crippen MR) is 107 cm³/mol. The summed E-state index contributed by atoms with van der Waals surface area (Å²) in [7, 11) is 4.03. The minimum Gasteiger partial charge on any atom is -0.378 e. The summed E-state index contributed by atoms with van der Waals surface area (Å²) in [6.45, 7) is 1.06. The van der Waals surface area contributed by atoms with Gasteiger partial charge in [-0.25, -0.2) is 0 Å². The van der Waals surface area contributed by atoms with Crippen molar-refractivity contribution in [2.75, 3.05) is 25.5 Å². The number of anilines is 1. The number of hydrogen-bond donors (Lipinski definition) is 1. The lowest BCUT2D eigenvalue weighted by Crippen LogP contribution is -2.44. The molecule has 1 fully saturated rings. The first kappa shape index (κ1) is 19.0. The zero-order valence-electron chi connectivity index (χ0n) is 16.0. The molecule has 0 bridgehead atoms. The average molecular weight is 365 g/mol. The standard InChI is InChI=1S/C22H27N3O2/c1-24(2)19-10-8-17(9-11-19)14-15-23-22(27)20-12-13-21(26)25(20)16-18-6-4-3-5-7-18/h3-11,20H,12-16H2,1-2H3,(H,23,27). The average Bonchev–Trinajstić information content (AvgIpc) is 3.03. The van der Waals surface area contributed by atoms with E-state index in [-0.39, 0.29) is 17.9 Å². The number of nitrogens with zero attached hydrogens (tertiary/aromatic N) is 2. The van der Waals surface area contributed by atoms with E-state index in [2.05, 4.69) is 34.5 Å². The third-order valence-corrected chi connectivity index (χ3v) is 4.99. The van der Waals surface area contributed by atoms with Crippen LogP contribution in [-0.2, 0) is 22.6 Å². The fourth-order valence-electron chi connectivity index (χ4n) is 3.39. The van der Waals surface area contributed by atoms with Crippen LogP contribution in [-0.4, -0.2) is 43.4 Å². The number of rotatable bonds is 7. The van der Waals surface area contributed by atoms with Crippen LogP contribution >= 0.6 is 0 Å². The second-order valence-electron chi connectivity index (χ2n) is 7.16. The van der Waals surface area contributed by atoms with Crippen LogP contribution in [0.15, 0.2) is 54.6 Å². The van der Waals surface area contributed by atoms with Gasteiger partial charge in [0.25, 0.3) is 0 Å². The Labute approximate surface area is 161 Å². The van der Waals surface area contributed by atoms with Crippen LogP contribution in [0.2, 0.25) is 0 Å². The van der Waals surface area contributed by atoms with Gasteiger partial charge in [-0.1, -0.05) is 42.5 Å². The van der Waals surface area contributed by atoms with E-state index >= 15 is 0 Å². The van der Waals surface area contributed by atoms with Gasteiger partial charge in [0.1, 0.15) is 6.04 Å². The highest BCUT2D eigenvalue weighted by Crippen LogP contribution is 2.21. The maximum Gasteiger partial charge on any atom is 0.242 e. The van der Waals surface area contributed by atoms with E-state index in [1.807, 2.05) is 44.4 Å². The molecule has 5 heteroatoms. The van der Waals surface area contributed by atoms with E-state index in [1.165, 1.54) is 5.56 Å². The predicted octanol–water partition coefficient (Wildman–Crippen LogP) is 2.60. The molecule has 27 heavy (non-hydrogen) atoms. The molecule has 2 aromatic carbocycles. The second-order valence-corrected chi connectivity index (χ2v) is 7.16. The van der Waals surface area contributed by atoms with Gasteiger partial charge in [0.15, 0.2) is 0 Å². The Hall–Kier alpha value is -2.82. The Balaban J connectivity index is 1.52. The third-order valence-electron chi connectivity index (χ3n) is 4.99. The van der Waals surface area contributed by atoms with E-state index in [0.29, 0.717) is 25.9 Å². The van der Waals surface area contributed by atoms with Crippen molar-refractivity contribution in [3.05, 3.63) is 65.7 Å². The highest BCUT2D eigenvalue weighted by molar-refractivity contribution is 5.90. The summed E-state index contributed by atoms with van der Waals surface area (Å²) in [5.41, 5.74) is 3.39. The summed E-state index contributed by atoms with van der Waals surface area (Å²) in [4.78, 5) is 28.6. The molecule has 5 nitrogen and oxygen atoms in total. The molecule has 0 radical (unpaired) electrons. The van der Waals surface area contributed by atoms with Crippen LogP contribution < -0.4 is 10.2 Å². The van der Waals surface area contributed by atoms with Gasteiger partial charge in [-0.05, 0) is 36.1 Å². The number of carbonyl (C=O) groups excluding carboxylic acids is 2. The summed E-state index contributed by atoms with van der Waals surface area (Å²) >= 11 is 0. The highest BCUT2D eigenvalue weighted by Gasteiger charge is 2.35. The van der Waals surface area contributed by atoms with E-state index in [4.69, 9.17) is 0 Å². The van der Waals surface area contributed by atoms with Crippen molar-refractivity contribution in [1.82, 2.24) is 10.2 Å². The summed E-state index contributed by atoms with van der Waals surface area (Å²) in [5.74, 6) is -0.0000277. The molecule has 3 rings (SSSR count). The SMILES string of the molecule is CN(C)c1ccc(CCNC(=O)C2CCC(=O)N2Cc2ccccc2)cc1. The van der Waals surface area contributed by atoms with Crippen LogP contribution in [0, 0.1) is 0 Å². The molecule has 142 valence electrons. The van der Waals surface area contributed by atoms with Gasteiger partial charge < -0.3 is 15.1 Å². The first-order valence-electron chi connectivity index (χ1n) is 9.42. The van der Waals surface area contributed by atoms with Crippen LogP contribution in [0.3, 0.4) is 0 Å².